The highest BCUT2D eigenvalue weighted by Gasteiger charge is 2.11. The van der Waals surface area contributed by atoms with Crippen LogP contribution < -0.4 is 10.6 Å². The number of carbonyl (C=O) groups excluding carboxylic acids is 1. The molecule has 2 aromatic carbocycles. The molecule has 0 saturated carbocycles. The van der Waals surface area contributed by atoms with Gasteiger partial charge in [0.2, 0.25) is 5.89 Å². The molecule has 0 bridgehead atoms. The van der Waals surface area contributed by atoms with Gasteiger partial charge in [-0.15, -0.1) is 0 Å². The first-order valence-corrected chi connectivity index (χ1v) is 10.4. The average molecular weight is 447 g/mol. The van der Waals surface area contributed by atoms with E-state index in [4.69, 9.17) is 16.6 Å². The minimum atomic E-state index is -0.299. The van der Waals surface area contributed by atoms with Crippen molar-refractivity contribution < 1.29 is 9.21 Å². The van der Waals surface area contributed by atoms with Crippen LogP contribution in [0.5, 0.6) is 0 Å². The van der Waals surface area contributed by atoms with Gasteiger partial charge in [0.25, 0.3) is 5.91 Å². The quantitative estimate of drug-likeness (QED) is 0.403. The SMILES string of the molecule is O=C(NC(=S)NCc1ccc(-c2nc3ncccc3o2)cc1)c1ccc2nsnc2c1. The van der Waals surface area contributed by atoms with Gasteiger partial charge in [-0.2, -0.15) is 13.7 Å². The van der Waals surface area contributed by atoms with Gasteiger partial charge >= 0.3 is 0 Å². The summed E-state index contributed by atoms with van der Waals surface area (Å²) < 4.78 is 14.0. The van der Waals surface area contributed by atoms with Gasteiger partial charge in [0.05, 0.1) is 11.7 Å². The molecule has 0 aliphatic rings. The van der Waals surface area contributed by atoms with Gasteiger partial charge in [-0.05, 0) is 60.2 Å². The lowest BCUT2D eigenvalue weighted by Gasteiger charge is -2.10. The Kier molecular flexibility index (Phi) is 5.06. The summed E-state index contributed by atoms with van der Waals surface area (Å²) >= 11 is 6.36. The summed E-state index contributed by atoms with van der Waals surface area (Å²) in [5, 5.41) is 5.96. The zero-order chi connectivity index (χ0) is 21.2. The Morgan fingerprint density at radius 2 is 1.90 bits per heavy atom. The van der Waals surface area contributed by atoms with Crippen LogP contribution in [0.25, 0.3) is 33.7 Å². The number of rotatable bonds is 4. The first-order valence-electron chi connectivity index (χ1n) is 9.28. The van der Waals surface area contributed by atoms with Crippen molar-refractivity contribution in [1.29, 1.82) is 0 Å². The van der Waals surface area contributed by atoms with Gasteiger partial charge < -0.3 is 9.73 Å². The highest BCUT2D eigenvalue weighted by Crippen LogP contribution is 2.23. The third-order valence-corrected chi connectivity index (χ3v) is 5.37. The number of carbonyl (C=O) groups is 1. The summed E-state index contributed by atoms with van der Waals surface area (Å²) in [5.41, 5.74) is 4.99. The van der Waals surface area contributed by atoms with Crippen molar-refractivity contribution in [3.63, 3.8) is 0 Å². The molecular weight excluding hydrogens is 432 g/mol. The highest BCUT2D eigenvalue weighted by molar-refractivity contribution is 7.80. The normalized spacial score (nSPS) is 11.0. The van der Waals surface area contributed by atoms with Crippen molar-refractivity contribution >= 4 is 57.2 Å². The van der Waals surface area contributed by atoms with E-state index in [9.17, 15) is 4.79 Å². The summed E-state index contributed by atoms with van der Waals surface area (Å²) in [4.78, 5) is 21.0. The number of benzene rings is 2. The Labute approximate surface area is 185 Å². The number of fused-ring (bicyclic) bond motifs is 2. The number of pyridine rings is 1. The van der Waals surface area contributed by atoms with Crippen LogP contribution in [0.2, 0.25) is 0 Å². The van der Waals surface area contributed by atoms with Crippen molar-refractivity contribution in [1.82, 2.24) is 29.3 Å². The van der Waals surface area contributed by atoms with Gasteiger partial charge in [0.1, 0.15) is 11.0 Å². The fourth-order valence-corrected chi connectivity index (χ4v) is 3.67. The van der Waals surface area contributed by atoms with Gasteiger partial charge in [-0.1, -0.05) is 12.1 Å². The van der Waals surface area contributed by atoms with Crippen LogP contribution in [0, 0.1) is 0 Å². The molecule has 31 heavy (non-hydrogen) atoms. The molecule has 0 radical (unpaired) electrons. The number of amides is 1. The predicted molar refractivity (Wildman–Crippen MR) is 122 cm³/mol. The lowest BCUT2D eigenvalue weighted by Crippen LogP contribution is -2.38. The molecule has 5 rings (SSSR count). The Morgan fingerprint density at radius 1 is 1.06 bits per heavy atom. The Balaban J connectivity index is 1.19. The van der Waals surface area contributed by atoms with E-state index in [0.29, 0.717) is 34.7 Å². The summed E-state index contributed by atoms with van der Waals surface area (Å²) in [5.74, 6) is 0.218. The molecule has 0 unspecified atom stereocenters. The highest BCUT2D eigenvalue weighted by atomic mass is 32.1. The Hall–Kier alpha value is -3.76. The number of thiocarbonyl (C=S) groups is 1. The molecule has 0 aliphatic carbocycles. The lowest BCUT2D eigenvalue weighted by molar-refractivity contribution is 0.0976. The minimum absolute atomic E-state index is 0.246. The standard InChI is InChI=1S/C21H14N6O2S2/c28-19(14-7-8-15-16(10-14)27-31-26-15)25-21(30)23-11-12-3-5-13(6-4-12)20-24-18-17(29-20)2-1-9-22-18/h1-10H,11H2,(H2,23,25,28,30). The molecule has 1 amide bonds. The molecule has 3 heterocycles. The van der Waals surface area contributed by atoms with E-state index in [1.807, 2.05) is 36.4 Å². The Morgan fingerprint density at radius 3 is 2.74 bits per heavy atom. The zero-order valence-corrected chi connectivity index (χ0v) is 17.5. The van der Waals surface area contributed by atoms with E-state index in [0.717, 1.165) is 28.4 Å². The first kappa shape index (κ1) is 19.2. The van der Waals surface area contributed by atoms with E-state index >= 15 is 0 Å². The van der Waals surface area contributed by atoms with Crippen molar-refractivity contribution in [2.24, 2.45) is 0 Å². The van der Waals surface area contributed by atoms with E-state index in [1.54, 1.807) is 24.4 Å². The van der Waals surface area contributed by atoms with Crippen LogP contribution in [0.1, 0.15) is 15.9 Å². The molecular formula is C21H14N6O2S2. The van der Waals surface area contributed by atoms with Crippen molar-refractivity contribution in [2.75, 3.05) is 0 Å². The lowest BCUT2D eigenvalue weighted by atomic mass is 10.1. The summed E-state index contributed by atoms with van der Waals surface area (Å²) in [6.07, 6.45) is 1.68. The van der Waals surface area contributed by atoms with Crippen LogP contribution in [0.3, 0.4) is 0 Å². The number of hydrogen-bond donors (Lipinski definition) is 2. The van der Waals surface area contributed by atoms with Gasteiger partial charge in [0.15, 0.2) is 16.3 Å². The molecule has 8 nitrogen and oxygen atoms in total. The van der Waals surface area contributed by atoms with Crippen molar-refractivity contribution in [3.05, 3.63) is 71.9 Å². The Bertz CT molecular complexity index is 1380. The number of oxazole rings is 1. The van der Waals surface area contributed by atoms with E-state index < -0.39 is 0 Å². The van der Waals surface area contributed by atoms with Gasteiger partial charge in [0, 0.05) is 23.9 Å². The van der Waals surface area contributed by atoms with Crippen LogP contribution in [0.15, 0.2) is 65.2 Å². The zero-order valence-electron chi connectivity index (χ0n) is 15.9. The van der Waals surface area contributed by atoms with Crippen LogP contribution in [-0.4, -0.2) is 29.7 Å². The number of nitrogens with zero attached hydrogens (tertiary/aromatic N) is 4. The van der Waals surface area contributed by atoms with Gasteiger partial charge in [-0.25, -0.2) is 4.98 Å². The third-order valence-electron chi connectivity index (χ3n) is 4.56. The topological polar surface area (TPSA) is 106 Å². The summed E-state index contributed by atoms with van der Waals surface area (Å²) in [7, 11) is 0. The van der Waals surface area contributed by atoms with E-state index in [-0.39, 0.29) is 11.0 Å². The van der Waals surface area contributed by atoms with E-state index in [2.05, 4.69) is 29.3 Å². The van der Waals surface area contributed by atoms with Crippen molar-refractivity contribution in [3.8, 4) is 11.5 Å². The summed E-state index contributed by atoms with van der Waals surface area (Å²) in [6, 6.07) is 16.5. The monoisotopic (exact) mass is 446 g/mol. The maximum Gasteiger partial charge on any atom is 0.257 e. The molecule has 152 valence electrons. The predicted octanol–water partition coefficient (Wildman–Crippen LogP) is 3.70. The number of hydrogen-bond acceptors (Lipinski definition) is 8. The fourth-order valence-electron chi connectivity index (χ4n) is 2.98. The maximum atomic E-state index is 12.4. The molecule has 0 saturated heterocycles. The largest absolute Gasteiger partial charge is 0.434 e. The molecule has 0 aliphatic heterocycles. The van der Waals surface area contributed by atoms with Crippen LogP contribution in [0.4, 0.5) is 0 Å². The van der Waals surface area contributed by atoms with E-state index in [1.165, 1.54) is 0 Å². The van der Waals surface area contributed by atoms with Gasteiger partial charge in [-0.3, -0.25) is 10.1 Å². The number of aromatic nitrogens is 4. The fraction of sp³-hybridized carbons (Fsp3) is 0.0476. The molecule has 0 fully saturated rings. The molecule has 0 atom stereocenters. The second-order valence-corrected chi connectivity index (χ2v) is 7.58. The molecule has 5 aromatic rings. The second-order valence-electron chi connectivity index (χ2n) is 6.65. The van der Waals surface area contributed by atoms with Crippen LogP contribution >= 0.6 is 23.9 Å². The maximum absolute atomic E-state index is 12.4. The number of nitrogens with one attached hydrogen (secondary N) is 2. The smallest absolute Gasteiger partial charge is 0.257 e. The van der Waals surface area contributed by atoms with Crippen molar-refractivity contribution in [2.45, 2.75) is 6.54 Å². The first-order chi connectivity index (χ1) is 15.2. The third kappa shape index (κ3) is 4.11. The molecule has 10 heteroatoms. The molecule has 2 N–H and O–H groups in total. The summed E-state index contributed by atoms with van der Waals surface area (Å²) in [6.45, 7) is 0.462. The second kappa shape index (κ2) is 8.17. The molecule has 0 spiro atoms. The minimum Gasteiger partial charge on any atom is -0.434 e. The van der Waals surface area contributed by atoms with Crippen LogP contribution in [-0.2, 0) is 6.54 Å². The molecule has 3 aromatic heterocycles. The average Bonchev–Trinajstić information content (AvgIpc) is 3.44.